The Morgan fingerprint density at radius 3 is 2.09 bits per heavy atom. The van der Waals surface area contributed by atoms with Crippen molar-refractivity contribution in [2.75, 3.05) is 13.1 Å². The van der Waals surface area contributed by atoms with Gasteiger partial charge in [-0.25, -0.2) is 0 Å². The summed E-state index contributed by atoms with van der Waals surface area (Å²) in [6, 6.07) is 0.216. The molecular weight excluding hydrogens is 162 g/mol. The summed E-state index contributed by atoms with van der Waals surface area (Å²) in [4.78, 5) is 18.7. The highest BCUT2D eigenvalue weighted by molar-refractivity contribution is 6.66. The topological polar surface area (TPSA) is 119 Å². The zero-order valence-corrected chi connectivity index (χ0v) is 7.53. The molecule has 0 bridgehead atoms. The van der Waals surface area contributed by atoms with Crippen molar-refractivity contribution in [3.05, 3.63) is 0 Å². The Labute approximate surface area is 67.4 Å². The first-order valence-corrected chi connectivity index (χ1v) is 5.83. The molecule has 0 rings (SSSR count). The van der Waals surface area contributed by atoms with Crippen LogP contribution in [0.1, 0.15) is 6.42 Å². The minimum absolute atomic E-state index is 0.216. The molecule has 0 amide bonds. The second-order valence-corrected chi connectivity index (χ2v) is 5.60. The maximum Gasteiger partial charge on any atom is 0.351 e. The van der Waals surface area contributed by atoms with E-state index in [1.165, 1.54) is 0 Å². The standard InChI is InChI=1S/C5H17N3O2Si/c6-2-1-5(8)11(9,10)4-3-7/h5,9-10H,1-4,6-8H2. The van der Waals surface area contributed by atoms with Gasteiger partial charge in [-0.1, -0.05) is 0 Å². The Balaban J connectivity index is 3.83. The Morgan fingerprint density at radius 1 is 1.18 bits per heavy atom. The first kappa shape index (κ1) is 11.0. The van der Waals surface area contributed by atoms with E-state index in [0.717, 1.165) is 0 Å². The molecule has 0 aromatic carbocycles. The van der Waals surface area contributed by atoms with Crippen molar-refractivity contribution in [2.45, 2.75) is 18.1 Å². The van der Waals surface area contributed by atoms with Crippen LogP contribution in [0.3, 0.4) is 0 Å². The number of hydrogen-bond donors (Lipinski definition) is 5. The lowest BCUT2D eigenvalue weighted by Crippen LogP contribution is -2.55. The maximum atomic E-state index is 9.35. The van der Waals surface area contributed by atoms with Gasteiger partial charge in [-0.3, -0.25) is 0 Å². The van der Waals surface area contributed by atoms with Crippen LogP contribution < -0.4 is 17.2 Å². The van der Waals surface area contributed by atoms with Gasteiger partial charge in [0.2, 0.25) is 0 Å². The maximum absolute atomic E-state index is 9.35. The fourth-order valence-corrected chi connectivity index (χ4v) is 2.23. The fourth-order valence-electron chi connectivity index (χ4n) is 0.809. The van der Waals surface area contributed by atoms with Gasteiger partial charge >= 0.3 is 8.56 Å². The summed E-state index contributed by atoms with van der Waals surface area (Å²) in [6.07, 6.45) is 0.444. The van der Waals surface area contributed by atoms with Crippen LogP contribution in [0.5, 0.6) is 0 Å². The van der Waals surface area contributed by atoms with Crippen molar-refractivity contribution < 1.29 is 9.59 Å². The monoisotopic (exact) mass is 179 g/mol. The molecule has 0 heterocycles. The van der Waals surface area contributed by atoms with Crippen molar-refractivity contribution in [2.24, 2.45) is 17.2 Å². The predicted octanol–water partition coefficient (Wildman–Crippen LogP) is -2.41. The van der Waals surface area contributed by atoms with E-state index >= 15 is 0 Å². The molecule has 0 saturated heterocycles. The van der Waals surface area contributed by atoms with Crippen molar-refractivity contribution in [3.63, 3.8) is 0 Å². The highest BCUT2D eigenvalue weighted by Crippen LogP contribution is 2.06. The van der Waals surface area contributed by atoms with Gasteiger partial charge in [0.15, 0.2) is 0 Å². The van der Waals surface area contributed by atoms with E-state index in [1.54, 1.807) is 0 Å². The molecule has 11 heavy (non-hydrogen) atoms. The molecule has 8 N–H and O–H groups in total. The summed E-state index contributed by atoms with van der Waals surface area (Å²) in [5, 5.41) is 0. The van der Waals surface area contributed by atoms with Gasteiger partial charge in [0.1, 0.15) is 0 Å². The third-order valence-electron chi connectivity index (χ3n) is 1.58. The number of nitrogens with two attached hydrogens (primary N) is 3. The van der Waals surface area contributed by atoms with Gasteiger partial charge in [0.25, 0.3) is 0 Å². The van der Waals surface area contributed by atoms with Gasteiger partial charge in [-0.2, -0.15) is 0 Å². The lowest BCUT2D eigenvalue weighted by atomic mass is 10.4. The average Bonchev–Trinajstić information content (AvgIpc) is 1.88. The lowest BCUT2D eigenvalue weighted by molar-refractivity contribution is 0.336. The van der Waals surface area contributed by atoms with E-state index in [1.807, 2.05) is 0 Å². The summed E-state index contributed by atoms with van der Waals surface area (Å²) in [7, 11) is -3.25. The summed E-state index contributed by atoms with van der Waals surface area (Å²) in [5.41, 5.74) is 15.3. The van der Waals surface area contributed by atoms with E-state index < -0.39 is 14.2 Å². The van der Waals surface area contributed by atoms with Crippen LogP contribution >= 0.6 is 0 Å². The smallest absolute Gasteiger partial charge is 0.351 e. The zero-order valence-electron chi connectivity index (χ0n) is 6.53. The van der Waals surface area contributed by atoms with Gasteiger partial charge in [0.05, 0.1) is 0 Å². The minimum atomic E-state index is -3.25. The molecule has 0 aliphatic rings. The molecule has 1 unspecified atom stereocenters. The molecule has 6 heteroatoms. The molecule has 0 spiro atoms. The highest BCUT2D eigenvalue weighted by Gasteiger charge is 2.35. The van der Waals surface area contributed by atoms with Crippen LogP contribution in [0, 0.1) is 0 Å². The third-order valence-corrected chi connectivity index (χ3v) is 4.08. The van der Waals surface area contributed by atoms with Crippen LogP contribution in [0.4, 0.5) is 0 Å². The van der Waals surface area contributed by atoms with Crippen LogP contribution in [0.25, 0.3) is 0 Å². The van der Waals surface area contributed by atoms with Crippen molar-refractivity contribution >= 4 is 8.56 Å². The quantitative estimate of drug-likeness (QED) is 0.301. The van der Waals surface area contributed by atoms with E-state index in [-0.39, 0.29) is 12.6 Å². The largest absolute Gasteiger partial charge is 0.410 e. The molecule has 1 atom stereocenters. The molecule has 0 aromatic heterocycles. The van der Waals surface area contributed by atoms with E-state index in [4.69, 9.17) is 17.2 Å². The van der Waals surface area contributed by atoms with Gasteiger partial charge in [-0.15, -0.1) is 0 Å². The number of hydrogen-bond acceptors (Lipinski definition) is 5. The van der Waals surface area contributed by atoms with Crippen LogP contribution in [-0.4, -0.2) is 36.9 Å². The first-order valence-electron chi connectivity index (χ1n) is 3.65. The fraction of sp³-hybridized carbons (Fsp3) is 1.00. The number of rotatable bonds is 5. The summed E-state index contributed by atoms with van der Waals surface area (Å²) < 4.78 is 0. The zero-order chi connectivity index (χ0) is 8.91. The summed E-state index contributed by atoms with van der Waals surface area (Å²) in [6.45, 7) is 0.638. The SMILES string of the molecule is NCCC(N)[Si](O)(O)CCN. The van der Waals surface area contributed by atoms with E-state index in [2.05, 4.69) is 0 Å². The Morgan fingerprint density at radius 2 is 1.73 bits per heavy atom. The van der Waals surface area contributed by atoms with Crippen LogP contribution in [-0.2, 0) is 0 Å². The molecular formula is C5H17N3O2Si. The third kappa shape index (κ3) is 3.80. The van der Waals surface area contributed by atoms with E-state index in [9.17, 15) is 9.59 Å². The molecule has 5 nitrogen and oxygen atoms in total. The molecule has 0 aliphatic heterocycles. The Bertz CT molecular complexity index is 112. The van der Waals surface area contributed by atoms with Gasteiger partial charge < -0.3 is 26.8 Å². The highest BCUT2D eigenvalue weighted by atomic mass is 28.4. The van der Waals surface area contributed by atoms with Crippen LogP contribution in [0.2, 0.25) is 6.04 Å². The molecule has 0 aliphatic carbocycles. The summed E-state index contributed by atoms with van der Waals surface area (Å²) >= 11 is 0. The average molecular weight is 179 g/mol. The molecule has 0 fully saturated rings. The minimum Gasteiger partial charge on any atom is -0.410 e. The Kier molecular flexibility index (Phi) is 4.81. The predicted molar refractivity (Wildman–Crippen MR) is 45.7 cm³/mol. The van der Waals surface area contributed by atoms with E-state index in [0.29, 0.717) is 13.0 Å². The molecule has 0 saturated carbocycles. The normalized spacial score (nSPS) is 15.0. The lowest BCUT2D eigenvalue weighted by Gasteiger charge is -2.23. The van der Waals surface area contributed by atoms with Gasteiger partial charge in [-0.05, 0) is 19.5 Å². The molecule has 0 aromatic rings. The summed E-state index contributed by atoms with van der Waals surface area (Å²) in [5.74, 6) is 0. The Hall–Kier alpha value is 0.0169. The van der Waals surface area contributed by atoms with Crippen molar-refractivity contribution in [3.8, 4) is 0 Å². The molecule has 68 valence electrons. The van der Waals surface area contributed by atoms with Crippen molar-refractivity contribution in [1.29, 1.82) is 0 Å². The van der Waals surface area contributed by atoms with Gasteiger partial charge in [0, 0.05) is 11.7 Å². The second-order valence-electron chi connectivity index (χ2n) is 2.60. The first-order chi connectivity index (χ1) is 5.04. The molecule has 0 radical (unpaired) electrons. The van der Waals surface area contributed by atoms with Crippen molar-refractivity contribution in [1.82, 2.24) is 0 Å². The van der Waals surface area contributed by atoms with Crippen LogP contribution in [0.15, 0.2) is 0 Å². The second kappa shape index (κ2) is 4.81.